The molecule has 1 aromatic rings. The van der Waals surface area contributed by atoms with Crippen molar-refractivity contribution in [1.82, 2.24) is 5.32 Å². The van der Waals surface area contributed by atoms with Crippen molar-refractivity contribution in [2.45, 2.75) is 71.8 Å². The molecule has 1 aromatic carbocycles. The van der Waals surface area contributed by atoms with E-state index < -0.39 is 17.9 Å². The summed E-state index contributed by atoms with van der Waals surface area (Å²) in [5.74, 6) is -1.76. The Labute approximate surface area is 213 Å². The second-order valence-corrected chi connectivity index (χ2v) is 9.67. The molecule has 1 aliphatic heterocycles. The minimum Gasteiger partial charge on any atom is -0.460 e. The number of methoxy groups -OCH3 is 1. The number of rotatable bonds is 9. The number of dihydropyridines is 1. The van der Waals surface area contributed by atoms with Gasteiger partial charge in [-0.05, 0) is 58.2 Å². The Balaban J connectivity index is 1.98. The first-order valence-electron chi connectivity index (χ1n) is 12.7. The average molecular weight is 499 g/mol. The Kier molecular flexibility index (Phi) is 9.70. The lowest BCUT2D eigenvalue weighted by Gasteiger charge is -2.31. The van der Waals surface area contributed by atoms with Crippen LogP contribution in [0.1, 0.15) is 71.3 Å². The summed E-state index contributed by atoms with van der Waals surface area (Å²) in [6, 6.07) is 7.30. The van der Waals surface area contributed by atoms with Crippen molar-refractivity contribution in [2.24, 2.45) is 5.92 Å². The van der Waals surface area contributed by atoms with Crippen LogP contribution in [0.25, 0.3) is 0 Å². The van der Waals surface area contributed by atoms with E-state index >= 15 is 0 Å². The van der Waals surface area contributed by atoms with Gasteiger partial charge in [0.15, 0.2) is 0 Å². The summed E-state index contributed by atoms with van der Waals surface area (Å²) in [4.78, 5) is 39.3. The van der Waals surface area contributed by atoms with Crippen LogP contribution in [0.3, 0.4) is 0 Å². The predicted molar refractivity (Wildman–Crippen MR) is 137 cm³/mol. The van der Waals surface area contributed by atoms with Crippen molar-refractivity contribution < 1.29 is 28.6 Å². The number of carbonyl (C=O) groups excluding carboxylic acids is 3. The zero-order valence-electron chi connectivity index (χ0n) is 21.9. The van der Waals surface area contributed by atoms with Gasteiger partial charge in [0.05, 0.1) is 29.8 Å². The molecule has 2 aliphatic rings. The normalized spacial score (nSPS) is 18.7. The Hall–Kier alpha value is -3.13. The standard InChI is InChI=1S/C28H38N2O6/c1-17(2)36-28(33)24-19(4)29-18(3)23(27(32)35-15-14-34-5)25(24)21-12-9-13-22(16-21)30-26(31)20-10-7-6-8-11-20/h9,12-13,16-17,20,25,29H,6-8,10-11,14-15H2,1-5H3,(H,30,31). The fraction of sp³-hybridized carbons (Fsp3) is 0.536. The first-order valence-corrected chi connectivity index (χ1v) is 12.7. The number of hydrogen-bond donors (Lipinski definition) is 2. The van der Waals surface area contributed by atoms with Crippen LogP contribution in [-0.2, 0) is 28.6 Å². The van der Waals surface area contributed by atoms with Crippen LogP contribution in [0.2, 0.25) is 0 Å². The first-order chi connectivity index (χ1) is 17.2. The van der Waals surface area contributed by atoms with Crippen molar-refractivity contribution in [1.29, 1.82) is 0 Å². The smallest absolute Gasteiger partial charge is 0.337 e. The molecule has 2 N–H and O–H groups in total. The van der Waals surface area contributed by atoms with Gasteiger partial charge in [0.25, 0.3) is 0 Å². The first kappa shape index (κ1) is 27.5. The second-order valence-electron chi connectivity index (χ2n) is 9.67. The molecule has 1 atom stereocenters. The van der Waals surface area contributed by atoms with Gasteiger partial charge in [0.2, 0.25) is 5.91 Å². The summed E-state index contributed by atoms with van der Waals surface area (Å²) >= 11 is 0. The molecule has 196 valence electrons. The van der Waals surface area contributed by atoms with Crippen molar-refractivity contribution in [3.8, 4) is 0 Å². The van der Waals surface area contributed by atoms with E-state index in [9.17, 15) is 14.4 Å². The summed E-state index contributed by atoms with van der Waals surface area (Å²) in [5.41, 5.74) is 3.17. The molecular weight excluding hydrogens is 460 g/mol. The summed E-state index contributed by atoms with van der Waals surface area (Å²) < 4.78 is 16.0. The molecular formula is C28H38N2O6. The van der Waals surface area contributed by atoms with Gasteiger partial charge >= 0.3 is 11.9 Å². The number of amides is 1. The molecule has 0 radical (unpaired) electrons. The van der Waals surface area contributed by atoms with Crippen molar-refractivity contribution in [2.75, 3.05) is 25.6 Å². The van der Waals surface area contributed by atoms with Gasteiger partial charge < -0.3 is 24.8 Å². The highest BCUT2D eigenvalue weighted by Crippen LogP contribution is 2.40. The lowest BCUT2D eigenvalue weighted by molar-refractivity contribution is -0.143. The number of anilines is 1. The van der Waals surface area contributed by atoms with Crippen LogP contribution >= 0.6 is 0 Å². The summed E-state index contributed by atoms with van der Waals surface area (Å²) in [6.07, 6.45) is 4.77. The van der Waals surface area contributed by atoms with Crippen molar-refractivity contribution in [3.05, 3.63) is 52.4 Å². The Morgan fingerprint density at radius 1 is 1.00 bits per heavy atom. The van der Waals surface area contributed by atoms with E-state index in [-0.39, 0.29) is 31.1 Å². The zero-order chi connectivity index (χ0) is 26.2. The number of allylic oxidation sites excluding steroid dienone is 2. The molecule has 0 aromatic heterocycles. The molecule has 0 spiro atoms. The molecule has 1 aliphatic carbocycles. The molecule has 1 fully saturated rings. The van der Waals surface area contributed by atoms with E-state index in [0.717, 1.165) is 25.7 Å². The Morgan fingerprint density at radius 3 is 2.31 bits per heavy atom. The molecule has 0 bridgehead atoms. The Bertz CT molecular complexity index is 1040. The number of ether oxygens (including phenoxy) is 3. The SMILES string of the molecule is COCCOC(=O)C1=C(C)NC(C)=C(C(=O)OC(C)C)C1c1cccc(NC(=O)C2CCCCC2)c1. The third-order valence-electron chi connectivity index (χ3n) is 6.53. The molecule has 3 rings (SSSR count). The molecule has 1 saturated carbocycles. The van der Waals surface area contributed by atoms with Gasteiger partial charge in [-0.25, -0.2) is 9.59 Å². The maximum atomic E-state index is 13.2. The maximum Gasteiger partial charge on any atom is 0.337 e. The van der Waals surface area contributed by atoms with Gasteiger partial charge in [0, 0.05) is 30.1 Å². The van der Waals surface area contributed by atoms with Crippen LogP contribution in [0.4, 0.5) is 5.69 Å². The molecule has 1 amide bonds. The lowest BCUT2D eigenvalue weighted by atomic mass is 9.80. The number of carbonyl (C=O) groups is 3. The lowest BCUT2D eigenvalue weighted by Crippen LogP contribution is -2.33. The van der Waals surface area contributed by atoms with Crippen LogP contribution in [0.15, 0.2) is 46.8 Å². The summed E-state index contributed by atoms with van der Waals surface area (Å²) in [6.45, 7) is 7.47. The second kappa shape index (κ2) is 12.7. The van der Waals surface area contributed by atoms with E-state index in [0.29, 0.717) is 33.8 Å². The molecule has 8 heteroatoms. The fourth-order valence-corrected chi connectivity index (χ4v) is 4.85. The van der Waals surface area contributed by atoms with Crippen molar-refractivity contribution in [3.63, 3.8) is 0 Å². The van der Waals surface area contributed by atoms with Crippen LogP contribution < -0.4 is 10.6 Å². The van der Waals surface area contributed by atoms with E-state index in [1.54, 1.807) is 27.7 Å². The van der Waals surface area contributed by atoms with Crippen LogP contribution in [0.5, 0.6) is 0 Å². The molecule has 0 saturated heterocycles. The largest absolute Gasteiger partial charge is 0.460 e. The van der Waals surface area contributed by atoms with E-state index in [2.05, 4.69) is 10.6 Å². The van der Waals surface area contributed by atoms with E-state index in [4.69, 9.17) is 14.2 Å². The quantitative estimate of drug-likeness (QED) is 0.379. The molecule has 1 heterocycles. The van der Waals surface area contributed by atoms with Gasteiger partial charge in [-0.1, -0.05) is 31.4 Å². The fourth-order valence-electron chi connectivity index (χ4n) is 4.85. The molecule has 36 heavy (non-hydrogen) atoms. The highest BCUT2D eigenvalue weighted by atomic mass is 16.6. The third kappa shape index (κ3) is 6.75. The number of benzene rings is 1. The number of hydrogen-bond acceptors (Lipinski definition) is 7. The average Bonchev–Trinajstić information content (AvgIpc) is 2.83. The highest BCUT2D eigenvalue weighted by Gasteiger charge is 2.38. The van der Waals surface area contributed by atoms with Crippen LogP contribution in [-0.4, -0.2) is 44.3 Å². The topological polar surface area (TPSA) is 103 Å². The highest BCUT2D eigenvalue weighted by molar-refractivity contribution is 6.00. The Morgan fingerprint density at radius 2 is 1.67 bits per heavy atom. The number of nitrogens with one attached hydrogen (secondary N) is 2. The monoisotopic (exact) mass is 498 g/mol. The van der Waals surface area contributed by atoms with Gasteiger partial charge in [-0.3, -0.25) is 4.79 Å². The minimum atomic E-state index is -0.723. The molecule has 1 unspecified atom stereocenters. The summed E-state index contributed by atoms with van der Waals surface area (Å²) in [7, 11) is 1.53. The van der Waals surface area contributed by atoms with Gasteiger partial charge in [0.1, 0.15) is 6.61 Å². The predicted octanol–water partition coefficient (Wildman–Crippen LogP) is 4.58. The van der Waals surface area contributed by atoms with Crippen molar-refractivity contribution >= 4 is 23.5 Å². The van der Waals surface area contributed by atoms with Gasteiger partial charge in [-0.2, -0.15) is 0 Å². The third-order valence-corrected chi connectivity index (χ3v) is 6.53. The molecule has 8 nitrogen and oxygen atoms in total. The van der Waals surface area contributed by atoms with Crippen LogP contribution in [0, 0.1) is 5.92 Å². The minimum absolute atomic E-state index is 0.00784. The summed E-state index contributed by atoms with van der Waals surface area (Å²) in [5, 5.41) is 6.19. The number of esters is 2. The zero-order valence-corrected chi connectivity index (χ0v) is 21.9. The van der Waals surface area contributed by atoms with Gasteiger partial charge in [-0.15, -0.1) is 0 Å². The van der Waals surface area contributed by atoms with E-state index in [1.165, 1.54) is 13.5 Å². The maximum absolute atomic E-state index is 13.2. The van der Waals surface area contributed by atoms with E-state index in [1.807, 2.05) is 24.3 Å².